The van der Waals surface area contributed by atoms with Crippen LogP contribution in [0.3, 0.4) is 0 Å². The molecule has 4 heteroatoms. The smallest absolute Gasteiger partial charge is 0.257 e. The minimum absolute atomic E-state index is 0.0960. The molecular weight excluding hydrogens is 250 g/mol. The Morgan fingerprint density at radius 1 is 1.30 bits per heavy atom. The Bertz CT molecular complexity index is 591. The standard InChI is InChI=1S/C16H19N3O/c1-13-6-5-9-18(11-13)16(20)14-10-17-19(12-14)15-7-3-2-4-8-15/h2-4,7-8,10,12-13H,5-6,9,11H2,1H3/t13-/m1/s1. The van der Waals surface area contributed by atoms with E-state index in [2.05, 4.69) is 12.0 Å². The predicted molar refractivity (Wildman–Crippen MR) is 77.9 cm³/mol. The fraction of sp³-hybridized carbons (Fsp3) is 0.375. The van der Waals surface area contributed by atoms with Gasteiger partial charge in [-0.3, -0.25) is 4.79 Å². The Balaban J connectivity index is 1.78. The molecule has 0 aliphatic carbocycles. The van der Waals surface area contributed by atoms with E-state index in [9.17, 15) is 4.79 Å². The van der Waals surface area contributed by atoms with Gasteiger partial charge in [0.1, 0.15) is 0 Å². The highest BCUT2D eigenvalue weighted by Gasteiger charge is 2.22. The second-order valence-electron chi connectivity index (χ2n) is 5.51. The first-order chi connectivity index (χ1) is 9.74. The predicted octanol–water partition coefficient (Wildman–Crippen LogP) is 2.74. The van der Waals surface area contributed by atoms with Crippen molar-refractivity contribution in [2.45, 2.75) is 19.8 Å². The summed E-state index contributed by atoms with van der Waals surface area (Å²) in [5.74, 6) is 0.690. The normalized spacial score (nSPS) is 19.1. The van der Waals surface area contributed by atoms with Crippen LogP contribution in [-0.4, -0.2) is 33.7 Å². The van der Waals surface area contributed by atoms with Crippen LogP contribution in [0.25, 0.3) is 5.69 Å². The van der Waals surface area contributed by atoms with Crippen molar-refractivity contribution in [2.24, 2.45) is 5.92 Å². The number of hydrogen-bond donors (Lipinski definition) is 0. The fourth-order valence-electron chi connectivity index (χ4n) is 2.71. The molecule has 1 aliphatic heterocycles. The van der Waals surface area contributed by atoms with Crippen LogP contribution in [0.5, 0.6) is 0 Å². The molecule has 1 atom stereocenters. The molecule has 0 unspecified atom stereocenters. The number of hydrogen-bond acceptors (Lipinski definition) is 2. The Hall–Kier alpha value is -2.10. The van der Waals surface area contributed by atoms with Crippen molar-refractivity contribution in [3.05, 3.63) is 48.3 Å². The first-order valence-corrected chi connectivity index (χ1v) is 7.13. The van der Waals surface area contributed by atoms with E-state index < -0.39 is 0 Å². The van der Waals surface area contributed by atoms with Crippen LogP contribution in [-0.2, 0) is 0 Å². The average molecular weight is 269 g/mol. The molecule has 20 heavy (non-hydrogen) atoms. The van der Waals surface area contributed by atoms with Gasteiger partial charge < -0.3 is 4.90 Å². The molecule has 1 saturated heterocycles. The molecule has 0 bridgehead atoms. The van der Waals surface area contributed by atoms with E-state index in [0.717, 1.165) is 25.2 Å². The van der Waals surface area contributed by atoms with Crippen molar-refractivity contribution in [1.29, 1.82) is 0 Å². The van der Waals surface area contributed by atoms with E-state index >= 15 is 0 Å². The van der Waals surface area contributed by atoms with Crippen LogP contribution in [0, 0.1) is 5.92 Å². The van der Waals surface area contributed by atoms with Gasteiger partial charge in [-0.2, -0.15) is 5.10 Å². The third-order valence-corrected chi connectivity index (χ3v) is 3.79. The van der Waals surface area contributed by atoms with Gasteiger partial charge in [-0.25, -0.2) is 4.68 Å². The highest BCUT2D eigenvalue weighted by Crippen LogP contribution is 2.18. The van der Waals surface area contributed by atoms with E-state index in [1.165, 1.54) is 6.42 Å². The third-order valence-electron chi connectivity index (χ3n) is 3.79. The summed E-state index contributed by atoms with van der Waals surface area (Å²) in [6.07, 6.45) is 5.79. The van der Waals surface area contributed by atoms with E-state index in [0.29, 0.717) is 11.5 Å². The van der Waals surface area contributed by atoms with Gasteiger partial charge in [0, 0.05) is 19.3 Å². The lowest BCUT2D eigenvalue weighted by atomic mass is 10.00. The fourth-order valence-corrected chi connectivity index (χ4v) is 2.71. The number of rotatable bonds is 2. The van der Waals surface area contributed by atoms with E-state index in [-0.39, 0.29) is 5.91 Å². The summed E-state index contributed by atoms with van der Waals surface area (Å²) < 4.78 is 1.75. The molecule has 0 N–H and O–H groups in total. The van der Waals surface area contributed by atoms with Crippen molar-refractivity contribution in [2.75, 3.05) is 13.1 Å². The molecule has 2 heterocycles. The number of benzene rings is 1. The largest absolute Gasteiger partial charge is 0.338 e. The van der Waals surface area contributed by atoms with Gasteiger partial charge in [0.05, 0.1) is 17.4 Å². The van der Waals surface area contributed by atoms with Crippen LogP contribution in [0.15, 0.2) is 42.7 Å². The number of likely N-dealkylation sites (tertiary alicyclic amines) is 1. The van der Waals surface area contributed by atoms with Crippen molar-refractivity contribution in [1.82, 2.24) is 14.7 Å². The van der Waals surface area contributed by atoms with Crippen molar-refractivity contribution in [3.63, 3.8) is 0 Å². The molecule has 0 saturated carbocycles. The first-order valence-electron chi connectivity index (χ1n) is 7.13. The first kappa shape index (κ1) is 12.9. The Morgan fingerprint density at radius 3 is 2.85 bits per heavy atom. The molecule has 1 aromatic heterocycles. The molecule has 0 spiro atoms. The minimum atomic E-state index is 0.0960. The van der Waals surface area contributed by atoms with Crippen molar-refractivity contribution >= 4 is 5.91 Å². The lowest BCUT2D eigenvalue weighted by Crippen LogP contribution is -2.38. The van der Waals surface area contributed by atoms with Gasteiger partial charge >= 0.3 is 0 Å². The van der Waals surface area contributed by atoms with Crippen LogP contribution in [0.4, 0.5) is 0 Å². The minimum Gasteiger partial charge on any atom is -0.338 e. The summed E-state index contributed by atoms with van der Waals surface area (Å²) in [4.78, 5) is 14.4. The summed E-state index contributed by atoms with van der Waals surface area (Å²) in [7, 11) is 0. The second kappa shape index (κ2) is 5.49. The number of carbonyl (C=O) groups is 1. The monoisotopic (exact) mass is 269 g/mol. The maximum atomic E-state index is 12.5. The number of amides is 1. The molecule has 1 aromatic carbocycles. The lowest BCUT2D eigenvalue weighted by Gasteiger charge is -2.30. The number of nitrogens with zero attached hydrogens (tertiary/aromatic N) is 3. The summed E-state index contributed by atoms with van der Waals surface area (Å²) in [6.45, 7) is 3.92. The zero-order valence-electron chi connectivity index (χ0n) is 11.7. The van der Waals surface area contributed by atoms with Crippen LogP contribution in [0.2, 0.25) is 0 Å². The lowest BCUT2D eigenvalue weighted by molar-refractivity contribution is 0.0683. The van der Waals surface area contributed by atoms with Crippen LogP contribution < -0.4 is 0 Å². The van der Waals surface area contributed by atoms with Gasteiger partial charge in [0.25, 0.3) is 5.91 Å². The molecule has 1 aliphatic rings. The molecule has 2 aromatic rings. The van der Waals surface area contributed by atoms with Crippen LogP contribution >= 0.6 is 0 Å². The van der Waals surface area contributed by atoms with Crippen LogP contribution in [0.1, 0.15) is 30.1 Å². The van der Waals surface area contributed by atoms with Gasteiger partial charge in [0.2, 0.25) is 0 Å². The summed E-state index contributed by atoms with van der Waals surface area (Å²) in [6, 6.07) is 9.85. The second-order valence-corrected chi connectivity index (χ2v) is 5.51. The Kier molecular flexibility index (Phi) is 3.54. The van der Waals surface area contributed by atoms with Gasteiger partial charge in [-0.15, -0.1) is 0 Å². The number of piperidine rings is 1. The van der Waals surface area contributed by atoms with Gasteiger partial charge in [0.15, 0.2) is 0 Å². The van der Waals surface area contributed by atoms with E-state index in [1.807, 2.05) is 41.4 Å². The van der Waals surface area contributed by atoms with Gasteiger partial charge in [-0.05, 0) is 30.9 Å². The average Bonchev–Trinajstić information content (AvgIpc) is 2.97. The number of carbonyl (C=O) groups excluding carboxylic acids is 1. The van der Waals surface area contributed by atoms with Crippen molar-refractivity contribution in [3.8, 4) is 5.69 Å². The van der Waals surface area contributed by atoms with Gasteiger partial charge in [-0.1, -0.05) is 25.1 Å². The maximum Gasteiger partial charge on any atom is 0.257 e. The SMILES string of the molecule is C[C@@H]1CCCN(C(=O)c2cnn(-c3ccccc3)c2)C1. The highest BCUT2D eigenvalue weighted by atomic mass is 16.2. The molecule has 104 valence electrons. The van der Waals surface area contributed by atoms with E-state index in [4.69, 9.17) is 0 Å². The zero-order valence-corrected chi connectivity index (χ0v) is 11.7. The Labute approximate surface area is 119 Å². The zero-order chi connectivity index (χ0) is 13.9. The molecule has 3 rings (SSSR count). The summed E-state index contributed by atoms with van der Waals surface area (Å²) >= 11 is 0. The third kappa shape index (κ3) is 2.59. The summed E-state index contributed by atoms with van der Waals surface area (Å²) in [5, 5.41) is 4.29. The molecule has 4 nitrogen and oxygen atoms in total. The summed E-state index contributed by atoms with van der Waals surface area (Å²) in [5.41, 5.74) is 1.64. The van der Waals surface area contributed by atoms with Crippen molar-refractivity contribution < 1.29 is 4.79 Å². The molecular formula is C16H19N3O. The number of para-hydroxylation sites is 1. The highest BCUT2D eigenvalue weighted by molar-refractivity contribution is 5.93. The maximum absolute atomic E-state index is 12.5. The molecule has 1 fully saturated rings. The molecule has 1 amide bonds. The Morgan fingerprint density at radius 2 is 2.10 bits per heavy atom. The topological polar surface area (TPSA) is 38.1 Å². The molecule has 0 radical (unpaired) electrons. The quantitative estimate of drug-likeness (QED) is 0.840. The number of aromatic nitrogens is 2. The van der Waals surface area contributed by atoms with E-state index in [1.54, 1.807) is 10.9 Å².